The molecule has 3 aromatic rings. The molecule has 0 heterocycles. The average Bonchev–Trinajstić information content (AvgIpc) is 2.68. The summed E-state index contributed by atoms with van der Waals surface area (Å²) in [6.45, 7) is 0. The molecule has 0 aliphatic rings. The number of ether oxygens (including phenoxy) is 2. The van der Waals surface area contributed by atoms with E-state index in [0.29, 0.717) is 0 Å². The summed E-state index contributed by atoms with van der Waals surface area (Å²) in [4.78, 5) is 24.4. The van der Waals surface area contributed by atoms with Gasteiger partial charge in [-0.2, -0.15) is 5.26 Å². The van der Waals surface area contributed by atoms with Crippen molar-refractivity contribution in [3.8, 4) is 29.1 Å². The zero-order valence-electron chi connectivity index (χ0n) is 14.3. The first-order valence-corrected chi connectivity index (χ1v) is 8.02. The Labute approximate surface area is 159 Å². The second-order valence-electron chi connectivity index (χ2n) is 5.68. The summed E-state index contributed by atoms with van der Waals surface area (Å²) in [5, 5.41) is 27.7. The van der Waals surface area contributed by atoms with Gasteiger partial charge >= 0.3 is 11.9 Å². The summed E-state index contributed by atoms with van der Waals surface area (Å²) in [5.41, 5.74) is 0.523. The molecule has 7 nitrogen and oxygen atoms in total. The molecule has 2 N–H and O–H groups in total. The standard InChI is InChI=1S/C21H13NO6/c22-12-13-9-18(27-20(25)14-1-5-16(23)6-2-14)11-19(10-13)28-21(26)15-3-7-17(24)8-4-15/h1-11,23-24H. The third-order valence-electron chi connectivity index (χ3n) is 3.64. The highest BCUT2D eigenvalue weighted by Crippen LogP contribution is 2.25. The third kappa shape index (κ3) is 4.45. The van der Waals surface area contributed by atoms with Gasteiger partial charge in [-0.3, -0.25) is 0 Å². The lowest BCUT2D eigenvalue weighted by Gasteiger charge is -2.09. The van der Waals surface area contributed by atoms with Gasteiger partial charge in [0, 0.05) is 6.07 Å². The average molecular weight is 375 g/mol. The molecule has 0 unspecified atom stereocenters. The van der Waals surface area contributed by atoms with Gasteiger partial charge in [-0.15, -0.1) is 0 Å². The van der Waals surface area contributed by atoms with E-state index in [1.54, 1.807) is 0 Å². The Morgan fingerprint density at radius 3 is 1.46 bits per heavy atom. The molecular formula is C21H13NO6. The van der Waals surface area contributed by atoms with Gasteiger partial charge in [-0.1, -0.05) is 0 Å². The fourth-order valence-corrected chi connectivity index (χ4v) is 2.28. The lowest BCUT2D eigenvalue weighted by Crippen LogP contribution is -2.10. The largest absolute Gasteiger partial charge is 0.508 e. The normalized spacial score (nSPS) is 9.96. The Bertz CT molecular complexity index is 988. The summed E-state index contributed by atoms with van der Waals surface area (Å²) in [6.07, 6.45) is 0. The van der Waals surface area contributed by atoms with Crippen molar-refractivity contribution in [1.29, 1.82) is 5.26 Å². The van der Waals surface area contributed by atoms with E-state index >= 15 is 0 Å². The number of benzene rings is 3. The first-order chi connectivity index (χ1) is 13.4. The topological polar surface area (TPSA) is 117 Å². The highest BCUT2D eigenvalue weighted by molar-refractivity contribution is 5.92. The maximum atomic E-state index is 12.2. The van der Waals surface area contributed by atoms with Crippen molar-refractivity contribution in [3.05, 3.63) is 83.4 Å². The van der Waals surface area contributed by atoms with Gasteiger partial charge in [0.1, 0.15) is 23.0 Å². The molecule has 3 rings (SSSR count). The molecule has 0 aromatic heterocycles. The van der Waals surface area contributed by atoms with Crippen LogP contribution in [0.4, 0.5) is 0 Å². The summed E-state index contributed by atoms with van der Waals surface area (Å²) >= 11 is 0. The fourth-order valence-electron chi connectivity index (χ4n) is 2.28. The molecule has 0 spiro atoms. The van der Waals surface area contributed by atoms with Gasteiger partial charge in [0.15, 0.2) is 0 Å². The lowest BCUT2D eigenvalue weighted by atomic mass is 10.2. The van der Waals surface area contributed by atoms with Crippen molar-refractivity contribution in [2.75, 3.05) is 0 Å². The van der Waals surface area contributed by atoms with E-state index in [4.69, 9.17) is 14.7 Å². The van der Waals surface area contributed by atoms with Gasteiger partial charge in [-0.25, -0.2) is 9.59 Å². The van der Waals surface area contributed by atoms with E-state index < -0.39 is 11.9 Å². The molecule has 0 radical (unpaired) electrons. The van der Waals surface area contributed by atoms with Gasteiger partial charge in [-0.05, 0) is 60.7 Å². The molecule has 0 bridgehead atoms. The number of nitrogens with zero attached hydrogens (tertiary/aromatic N) is 1. The molecule has 0 atom stereocenters. The molecule has 7 heteroatoms. The van der Waals surface area contributed by atoms with Crippen LogP contribution in [0.2, 0.25) is 0 Å². The van der Waals surface area contributed by atoms with Crippen molar-refractivity contribution >= 4 is 11.9 Å². The number of esters is 2. The van der Waals surface area contributed by atoms with Gasteiger partial charge < -0.3 is 19.7 Å². The molecule has 0 amide bonds. The quantitative estimate of drug-likeness (QED) is 0.530. The van der Waals surface area contributed by atoms with Crippen LogP contribution in [0, 0.1) is 11.3 Å². The van der Waals surface area contributed by atoms with E-state index in [0.717, 1.165) is 0 Å². The molecule has 0 saturated carbocycles. The van der Waals surface area contributed by atoms with Crippen LogP contribution >= 0.6 is 0 Å². The third-order valence-corrected chi connectivity index (χ3v) is 3.64. The van der Waals surface area contributed by atoms with Crippen LogP contribution in [0.5, 0.6) is 23.0 Å². The van der Waals surface area contributed by atoms with Crippen LogP contribution < -0.4 is 9.47 Å². The minimum Gasteiger partial charge on any atom is -0.508 e. The summed E-state index contributed by atoms with van der Waals surface area (Å²) in [6, 6.07) is 16.8. The fraction of sp³-hybridized carbons (Fsp3) is 0. The Hall–Kier alpha value is -4.31. The summed E-state index contributed by atoms with van der Waals surface area (Å²) < 4.78 is 10.5. The highest BCUT2D eigenvalue weighted by Gasteiger charge is 2.14. The molecule has 138 valence electrons. The number of rotatable bonds is 4. The molecule has 0 fully saturated rings. The monoisotopic (exact) mass is 375 g/mol. The van der Waals surface area contributed by atoms with Crippen LogP contribution in [0.15, 0.2) is 66.7 Å². The number of carbonyl (C=O) groups excluding carboxylic acids is 2. The Kier molecular flexibility index (Phi) is 5.23. The SMILES string of the molecule is N#Cc1cc(OC(=O)c2ccc(O)cc2)cc(OC(=O)c2ccc(O)cc2)c1. The van der Waals surface area contributed by atoms with Crippen LogP contribution in [-0.4, -0.2) is 22.2 Å². The first-order valence-electron chi connectivity index (χ1n) is 8.02. The van der Waals surface area contributed by atoms with E-state index in [-0.39, 0.29) is 39.7 Å². The first kappa shape index (κ1) is 18.5. The highest BCUT2D eigenvalue weighted by atomic mass is 16.5. The van der Waals surface area contributed by atoms with Gasteiger partial charge in [0.2, 0.25) is 0 Å². The smallest absolute Gasteiger partial charge is 0.343 e. The van der Waals surface area contributed by atoms with Gasteiger partial charge in [0.05, 0.1) is 22.8 Å². The molecule has 0 saturated heterocycles. The molecule has 28 heavy (non-hydrogen) atoms. The van der Waals surface area contributed by atoms with Crippen LogP contribution in [0.1, 0.15) is 26.3 Å². The molecular weight excluding hydrogens is 362 g/mol. The van der Waals surface area contributed by atoms with Crippen molar-refractivity contribution in [2.24, 2.45) is 0 Å². The number of carbonyl (C=O) groups is 2. The predicted octanol–water partition coefficient (Wildman–Crippen LogP) is 3.41. The van der Waals surface area contributed by atoms with E-state index in [9.17, 15) is 19.8 Å². The number of hydrogen-bond acceptors (Lipinski definition) is 7. The van der Waals surface area contributed by atoms with E-state index in [1.807, 2.05) is 6.07 Å². The lowest BCUT2D eigenvalue weighted by molar-refractivity contribution is 0.0733. The van der Waals surface area contributed by atoms with Crippen molar-refractivity contribution in [3.63, 3.8) is 0 Å². The second kappa shape index (κ2) is 7.93. The number of aromatic hydroxyl groups is 2. The van der Waals surface area contributed by atoms with E-state index in [1.165, 1.54) is 66.7 Å². The number of hydrogen-bond donors (Lipinski definition) is 2. The zero-order chi connectivity index (χ0) is 20.1. The maximum absolute atomic E-state index is 12.2. The molecule has 0 aliphatic carbocycles. The zero-order valence-corrected chi connectivity index (χ0v) is 14.3. The Balaban J connectivity index is 1.80. The second-order valence-corrected chi connectivity index (χ2v) is 5.68. The van der Waals surface area contributed by atoms with Gasteiger partial charge in [0.25, 0.3) is 0 Å². The van der Waals surface area contributed by atoms with Crippen molar-refractivity contribution < 1.29 is 29.3 Å². The van der Waals surface area contributed by atoms with E-state index in [2.05, 4.69) is 0 Å². The molecule has 0 aliphatic heterocycles. The number of nitriles is 1. The Morgan fingerprint density at radius 1 is 0.714 bits per heavy atom. The van der Waals surface area contributed by atoms with Crippen molar-refractivity contribution in [2.45, 2.75) is 0 Å². The minimum atomic E-state index is -0.703. The van der Waals surface area contributed by atoms with Crippen LogP contribution in [-0.2, 0) is 0 Å². The van der Waals surface area contributed by atoms with Crippen LogP contribution in [0.25, 0.3) is 0 Å². The minimum absolute atomic E-state index is 0.00598. The molecule has 3 aromatic carbocycles. The summed E-state index contributed by atoms with van der Waals surface area (Å²) in [5.74, 6) is -1.36. The van der Waals surface area contributed by atoms with Crippen LogP contribution in [0.3, 0.4) is 0 Å². The maximum Gasteiger partial charge on any atom is 0.343 e. The van der Waals surface area contributed by atoms with Crippen molar-refractivity contribution in [1.82, 2.24) is 0 Å². The summed E-state index contributed by atoms with van der Waals surface area (Å²) in [7, 11) is 0. The Morgan fingerprint density at radius 2 is 1.11 bits per heavy atom. The number of phenols is 2. The number of phenolic OH excluding ortho intramolecular Hbond substituents is 2. The predicted molar refractivity (Wildman–Crippen MR) is 97.3 cm³/mol.